The number of amides is 4. The van der Waals surface area contributed by atoms with Gasteiger partial charge in [-0.15, -0.1) is 0 Å². The van der Waals surface area contributed by atoms with Crippen molar-refractivity contribution in [1.29, 1.82) is 0 Å². The van der Waals surface area contributed by atoms with E-state index in [-0.39, 0.29) is 51.5 Å². The van der Waals surface area contributed by atoms with E-state index >= 15 is 0 Å². The fourth-order valence-corrected chi connectivity index (χ4v) is 6.22. The third kappa shape index (κ3) is 35.5. The summed E-state index contributed by atoms with van der Waals surface area (Å²) in [5, 5.41) is 9.80. The lowest BCUT2D eigenvalue weighted by Gasteiger charge is -2.20. The average molecular weight is 903 g/mol. The van der Waals surface area contributed by atoms with Gasteiger partial charge in [-0.05, 0) is 53.4 Å². The summed E-state index contributed by atoms with van der Waals surface area (Å²) in [4.78, 5) is 79.2. The summed E-state index contributed by atoms with van der Waals surface area (Å²) in [6, 6.07) is -2.36. The normalized spacial score (nSPS) is 15.6. The van der Waals surface area contributed by atoms with Crippen LogP contribution in [0.4, 0.5) is 4.79 Å². The highest BCUT2D eigenvalue weighted by Gasteiger charge is 2.26. The lowest BCUT2D eigenvalue weighted by molar-refractivity contribution is -0.150. The summed E-state index contributed by atoms with van der Waals surface area (Å²) in [5.74, 6) is -1.47. The zero-order chi connectivity index (χ0) is 45.2. The Morgan fingerprint density at radius 2 is 0.983 bits per heavy atom. The highest BCUT2D eigenvalue weighted by molar-refractivity contribution is 7.47. The van der Waals surface area contributed by atoms with Crippen molar-refractivity contribution in [2.24, 2.45) is 0 Å². The summed E-state index contributed by atoms with van der Waals surface area (Å²) in [5.41, 5.74) is 0. The molecule has 0 heterocycles. The number of unbranched alkanes of at least 4 members (excludes halogenated alkanes) is 2. The van der Waals surface area contributed by atoms with Crippen LogP contribution in [0.15, 0.2) is 24.3 Å². The number of hydrogen-bond donors (Lipinski definition) is 6. The molecule has 0 aliphatic heterocycles. The first-order chi connectivity index (χ1) is 28.4. The first kappa shape index (κ1) is 56.8. The van der Waals surface area contributed by atoms with Gasteiger partial charge in [-0.2, -0.15) is 0 Å². The maximum absolute atomic E-state index is 12.4. The van der Waals surface area contributed by atoms with Gasteiger partial charge in [0.1, 0.15) is 12.2 Å². The monoisotopic (exact) mass is 902 g/mol. The lowest BCUT2D eigenvalue weighted by atomic mass is 10.2. The van der Waals surface area contributed by atoms with Gasteiger partial charge in [0.25, 0.3) is 0 Å². The number of carbonyl (C=O) groups is 5. The minimum atomic E-state index is -4.61. The molecule has 4 amide bonds. The van der Waals surface area contributed by atoms with E-state index in [1.165, 1.54) is 13.8 Å². The third-order valence-corrected chi connectivity index (χ3v) is 9.56. The largest absolute Gasteiger partial charge is 0.472 e. The molecule has 6 atom stereocenters. The topological polar surface area (TPSA) is 282 Å². The Bertz CT molecular complexity index is 1300. The molecular formula is C37H68N4O17P2. The molecule has 0 aromatic heterocycles. The smallest absolute Gasteiger partial charge is 0.463 e. The number of phosphoric acid groups is 2. The van der Waals surface area contributed by atoms with Crippen LogP contribution in [-0.4, -0.2) is 130 Å². The number of rotatable bonds is 36. The van der Waals surface area contributed by atoms with Crippen molar-refractivity contribution in [3.63, 3.8) is 0 Å². The standard InChI is InChI=1S/C37H68N4O17P2/c1-7-9-11-13-15-35(44)57-29(3)17-21-51-25-33(40-31(5)42)27-55-59(47,48)53-23-19-38-37(46)39-20-24-54-60(49,50)56-28-34(41-32(6)43)26-52-22-18-30(4)58-36(45)16-14-12-10-8-2/h7-10,29-30,33-34H,11-28H2,1-6H3,(H,40,42)(H,41,43)(H,47,48)(H,49,50)(H2,38,39,46)/b9-7-,10-8-/t29-,30-,33?,34?/m1/s1. The van der Waals surface area contributed by atoms with Gasteiger partial charge in [0.2, 0.25) is 11.8 Å². The molecule has 6 N–H and O–H groups in total. The Kier molecular flexibility index (Phi) is 32.5. The number of allylic oxidation sites excluding steroid dienone is 4. The van der Waals surface area contributed by atoms with E-state index in [2.05, 4.69) is 21.3 Å². The molecule has 0 spiro atoms. The van der Waals surface area contributed by atoms with Crippen LogP contribution < -0.4 is 21.3 Å². The molecule has 0 radical (unpaired) electrons. The van der Waals surface area contributed by atoms with Crippen LogP contribution in [0.3, 0.4) is 0 Å². The predicted molar refractivity (Wildman–Crippen MR) is 219 cm³/mol. The van der Waals surface area contributed by atoms with Crippen molar-refractivity contribution < 1.29 is 79.9 Å². The SMILES string of the molecule is C/C=C\CCCC(=O)O[C@H](C)CCOCC(COP(=O)(O)OCCNC(=O)NCCOP(=O)(O)OCC(COCC[C@@H](C)OC(=O)CCC/C=C\C)NC(C)=O)NC(C)=O. The average Bonchev–Trinajstić information content (AvgIpc) is 3.16. The molecule has 0 rings (SSSR count). The van der Waals surface area contributed by atoms with Crippen LogP contribution in [-0.2, 0) is 65.4 Å². The number of urea groups is 1. The molecule has 0 aromatic rings. The quantitative estimate of drug-likeness (QED) is 0.0226. The summed E-state index contributed by atoms with van der Waals surface area (Å²) < 4.78 is 66.2. The van der Waals surface area contributed by atoms with E-state index in [4.69, 9.17) is 37.0 Å². The molecule has 0 bridgehead atoms. The van der Waals surface area contributed by atoms with Gasteiger partial charge in [0, 0.05) is 52.6 Å². The van der Waals surface area contributed by atoms with Gasteiger partial charge >= 0.3 is 33.6 Å². The lowest BCUT2D eigenvalue weighted by Crippen LogP contribution is -2.40. The van der Waals surface area contributed by atoms with Crippen molar-refractivity contribution >= 4 is 45.4 Å². The first-order valence-corrected chi connectivity index (χ1v) is 22.9. The van der Waals surface area contributed by atoms with Crippen LogP contribution >= 0.6 is 15.6 Å². The zero-order valence-electron chi connectivity index (χ0n) is 35.8. The molecule has 0 aliphatic rings. The van der Waals surface area contributed by atoms with Gasteiger partial charge in [-0.1, -0.05) is 24.3 Å². The maximum Gasteiger partial charge on any atom is 0.472 e. The second-order valence-electron chi connectivity index (χ2n) is 13.4. The third-order valence-electron chi connectivity index (χ3n) is 7.59. The number of esters is 2. The zero-order valence-corrected chi connectivity index (χ0v) is 37.5. The number of ether oxygens (including phenoxy) is 4. The van der Waals surface area contributed by atoms with Crippen molar-refractivity contribution in [2.45, 2.75) is 117 Å². The molecule has 0 saturated heterocycles. The molecule has 23 heteroatoms. The Morgan fingerprint density at radius 3 is 1.33 bits per heavy atom. The van der Waals surface area contributed by atoms with Gasteiger partial charge in [-0.3, -0.25) is 37.3 Å². The molecule has 4 unspecified atom stereocenters. The van der Waals surface area contributed by atoms with Crippen molar-refractivity contribution in [3.05, 3.63) is 24.3 Å². The van der Waals surface area contributed by atoms with Crippen LogP contribution in [0.2, 0.25) is 0 Å². The number of hydrogen-bond acceptors (Lipinski definition) is 15. The van der Waals surface area contributed by atoms with Gasteiger partial charge in [0.05, 0.1) is 64.9 Å². The molecule has 0 aromatic carbocycles. The van der Waals surface area contributed by atoms with E-state index in [9.17, 15) is 42.9 Å². The maximum atomic E-state index is 12.4. The second kappa shape index (κ2) is 34.4. The molecule has 21 nitrogen and oxygen atoms in total. The molecule has 0 aliphatic carbocycles. The van der Waals surface area contributed by atoms with E-state index in [0.29, 0.717) is 38.5 Å². The van der Waals surface area contributed by atoms with E-state index in [1.54, 1.807) is 13.8 Å². The fourth-order valence-electron chi connectivity index (χ4n) is 4.69. The minimum Gasteiger partial charge on any atom is -0.463 e. The van der Waals surface area contributed by atoms with Gasteiger partial charge < -0.3 is 50.0 Å². The number of phosphoric ester groups is 2. The minimum absolute atomic E-state index is 0.0702. The Balaban J connectivity index is 4.39. The van der Waals surface area contributed by atoms with Crippen molar-refractivity contribution in [3.8, 4) is 0 Å². The molecule has 0 saturated carbocycles. The van der Waals surface area contributed by atoms with Gasteiger partial charge in [0.15, 0.2) is 0 Å². The number of carbonyl (C=O) groups excluding carboxylic acids is 5. The highest BCUT2D eigenvalue weighted by atomic mass is 31.2. The van der Waals surface area contributed by atoms with Crippen LogP contribution in [0.25, 0.3) is 0 Å². The molecule has 348 valence electrons. The summed E-state index contributed by atoms with van der Waals surface area (Å²) >= 11 is 0. The molecule has 60 heavy (non-hydrogen) atoms. The molecule has 0 fully saturated rings. The van der Waals surface area contributed by atoms with Crippen LogP contribution in [0.1, 0.15) is 92.9 Å². The Labute approximate surface area is 353 Å². The predicted octanol–water partition coefficient (Wildman–Crippen LogP) is 3.73. The van der Waals surface area contributed by atoms with Crippen LogP contribution in [0, 0.1) is 0 Å². The van der Waals surface area contributed by atoms with E-state index in [0.717, 1.165) is 12.8 Å². The molecular weight excluding hydrogens is 834 g/mol. The fraction of sp³-hybridized carbons (Fsp3) is 0.757. The van der Waals surface area contributed by atoms with Crippen molar-refractivity contribution in [2.75, 3.05) is 65.9 Å². The van der Waals surface area contributed by atoms with E-state index in [1.807, 2.05) is 38.2 Å². The summed E-state index contributed by atoms with van der Waals surface area (Å²) in [7, 11) is -9.21. The Morgan fingerprint density at radius 1 is 0.600 bits per heavy atom. The van der Waals surface area contributed by atoms with Crippen molar-refractivity contribution in [1.82, 2.24) is 21.3 Å². The summed E-state index contributed by atoms with van der Waals surface area (Å²) in [6.45, 7) is 7.81. The van der Waals surface area contributed by atoms with E-state index < -0.39 is 84.2 Å². The second-order valence-corrected chi connectivity index (χ2v) is 16.3. The number of nitrogens with one attached hydrogen (secondary N) is 4. The first-order valence-electron chi connectivity index (χ1n) is 19.9. The Hall–Kier alpha value is -3.23. The summed E-state index contributed by atoms with van der Waals surface area (Å²) in [6.07, 6.45) is 11.3. The van der Waals surface area contributed by atoms with Crippen LogP contribution in [0.5, 0.6) is 0 Å². The highest BCUT2D eigenvalue weighted by Crippen LogP contribution is 2.43. The van der Waals surface area contributed by atoms with Gasteiger partial charge in [-0.25, -0.2) is 13.9 Å².